The number of nitrogens with one attached hydrogen (secondary N) is 1. The number of rotatable bonds is 3. The van der Waals surface area contributed by atoms with Gasteiger partial charge in [-0.2, -0.15) is 0 Å². The lowest BCUT2D eigenvalue weighted by Gasteiger charge is -2.37. The lowest BCUT2D eigenvalue weighted by Crippen LogP contribution is -2.48. The molecule has 0 amide bonds. The summed E-state index contributed by atoms with van der Waals surface area (Å²) < 4.78 is 5.41. The van der Waals surface area contributed by atoms with Gasteiger partial charge in [0.2, 0.25) is 0 Å². The molecule has 1 N–H and O–H groups in total. The van der Waals surface area contributed by atoms with E-state index < -0.39 is 0 Å². The van der Waals surface area contributed by atoms with Crippen LogP contribution in [0.3, 0.4) is 0 Å². The van der Waals surface area contributed by atoms with Gasteiger partial charge in [0.05, 0.1) is 0 Å². The molecule has 16 heavy (non-hydrogen) atoms. The van der Waals surface area contributed by atoms with Gasteiger partial charge in [-0.05, 0) is 44.7 Å². The molecule has 0 spiro atoms. The Kier molecular flexibility index (Phi) is 4.62. The minimum Gasteiger partial charge on any atom is -0.381 e. The van der Waals surface area contributed by atoms with Crippen molar-refractivity contribution < 1.29 is 4.74 Å². The summed E-state index contributed by atoms with van der Waals surface area (Å²) in [6, 6.07) is 0.742. The molecule has 0 aromatic rings. The van der Waals surface area contributed by atoms with Crippen LogP contribution in [0, 0.1) is 11.8 Å². The highest BCUT2D eigenvalue weighted by Crippen LogP contribution is 2.19. The first-order valence-corrected chi connectivity index (χ1v) is 6.74. The van der Waals surface area contributed by atoms with Gasteiger partial charge in [0.1, 0.15) is 0 Å². The summed E-state index contributed by atoms with van der Waals surface area (Å²) in [7, 11) is 2.29. The lowest BCUT2D eigenvalue weighted by molar-refractivity contribution is 0.0466. The smallest absolute Gasteiger partial charge is 0.0469 e. The zero-order valence-corrected chi connectivity index (χ0v) is 10.7. The third-order valence-corrected chi connectivity index (χ3v) is 4.06. The number of hydrogen-bond acceptors (Lipinski definition) is 3. The average Bonchev–Trinajstić information content (AvgIpc) is 2.30. The van der Waals surface area contributed by atoms with Gasteiger partial charge < -0.3 is 15.0 Å². The van der Waals surface area contributed by atoms with E-state index in [0.717, 1.165) is 31.1 Å². The minimum absolute atomic E-state index is 0.742. The number of ether oxygens (including phenoxy) is 1. The highest BCUT2D eigenvalue weighted by atomic mass is 16.5. The second-order valence-corrected chi connectivity index (χ2v) is 5.65. The van der Waals surface area contributed by atoms with Gasteiger partial charge in [-0.15, -0.1) is 0 Å². The van der Waals surface area contributed by atoms with Crippen molar-refractivity contribution in [3.63, 3.8) is 0 Å². The average molecular weight is 226 g/mol. The van der Waals surface area contributed by atoms with E-state index in [2.05, 4.69) is 24.2 Å². The van der Waals surface area contributed by atoms with Gasteiger partial charge in [-0.1, -0.05) is 6.92 Å². The number of piperidine rings is 1. The zero-order chi connectivity index (χ0) is 11.4. The Morgan fingerprint density at radius 3 is 2.69 bits per heavy atom. The van der Waals surface area contributed by atoms with E-state index in [4.69, 9.17) is 4.74 Å². The summed E-state index contributed by atoms with van der Waals surface area (Å²) in [5.41, 5.74) is 0. The van der Waals surface area contributed by atoms with Crippen LogP contribution in [0.1, 0.15) is 26.2 Å². The second kappa shape index (κ2) is 5.99. The largest absolute Gasteiger partial charge is 0.381 e. The van der Waals surface area contributed by atoms with E-state index in [1.165, 1.54) is 38.9 Å². The van der Waals surface area contributed by atoms with Crippen LogP contribution in [0.15, 0.2) is 0 Å². The molecule has 0 aliphatic carbocycles. The molecule has 2 aliphatic rings. The Morgan fingerprint density at radius 2 is 2.00 bits per heavy atom. The van der Waals surface area contributed by atoms with Crippen LogP contribution < -0.4 is 5.32 Å². The van der Waals surface area contributed by atoms with Crippen LogP contribution >= 0.6 is 0 Å². The van der Waals surface area contributed by atoms with Crippen molar-refractivity contribution in [1.29, 1.82) is 0 Å². The van der Waals surface area contributed by atoms with Gasteiger partial charge in [0.25, 0.3) is 0 Å². The van der Waals surface area contributed by atoms with Crippen molar-refractivity contribution in [2.24, 2.45) is 11.8 Å². The van der Waals surface area contributed by atoms with Crippen LogP contribution in [-0.4, -0.2) is 50.8 Å². The summed E-state index contributed by atoms with van der Waals surface area (Å²) in [4.78, 5) is 2.57. The molecular formula is C13H26N2O. The minimum atomic E-state index is 0.742. The quantitative estimate of drug-likeness (QED) is 0.786. The second-order valence-electron chi connectivity index (χ2n) is 5.65. The fourth-order valence-electron chi connectivity index (χ4n) is 2.95. The molecule has 2 atom stereocenters. The molecular weight excluding hydrogens is 200 g/mol. The molecule has 94 valence electrons. The predicted octanol–water partition coefficient (Wildman–Crippen LogP) is 1.34. The molecule has 3 heteroatoms. The summed E-state index contributed by atoms with van der Waals surface area (Å²) in [5, 5.41) is 3.54. The Morgan fingerprint density at radius 1 is 1.25 bits per heavy atom. The van der Waals surface area contributed by atoms with Crippen molar-refractivity contribution >= 4 is 0 Å². The molecule has 0 saturated carbocycles. The first kappa shape index (κ1) is 12.3. The normalized spacial score (nSPS) is 33.2. The lowest BCUT2D eigenvalue weighted by atomic mass is 9.94. The Labute approximate surface area is 99.5 Å². The Balaban J connectivity index is 1.75. The monoisotopic (exact) mass is 226 g/mol. The topological polar surface area (TPSA) is 24.5 Å². The van der Waals surface area contributed by atoms with Gasteiger partial charge in [-0.25, -0.2) is 0 Å². The van der Waals surface area contributed by atoms with Crippen LogP contribution in [0.25, 0.3) is 0 Å². The Bertz CT molecular complexity index is 204. The third kappa shape index (κ3) is 3.44. The maximum Gasteiger partial charge on any atom is 0.0469 e. The summed E-state index contributed by atoms with van der Waals surface area (Å²) in [6.07, 6.45) is 3.85. The van der Waals surface area contributed by atoms with Gasteiger partial charge in [0.15, 0.2) is 0 Å². The molecule has 0 bridgehead atoms. The van der Waals surface area contributed by atoms with E-state index in [1.807, 2.05) is 0 Å². The third-order valence-electron chi connectivity index (χ3n) is 4.06. The highest BCUT2D eigenvalue weighted by molar-refractivity contribution is 4.81. The number of likely N-dealkylation sites (N-methyl/N-ethyl adjacent to an activating group) is 1. The van der Waals surface area contributed by atoms with Crippen LogP contribution in [0.4, 0.5) is 0 Å². The molecule has 0 aromatic heterocycles. The first-order chi connectivity index (χ1) is 7.75. The number of nitrogens with zero attached hydrogens (tertiary/aromatic N) is 1. The van der Waals surface area contributed by atoms with Crippen molar-refractivity contribution in [2.45, 2.75) is 32.2 Å². The van der Waals surface area contributed by atoms with E-state index in [0.29, 0.717) is 0 Å². The molecule has 3 nitrogen and oxygen atoms in total. The summed E-state index contributed by atoms with van der Waals surface area (Å²) >= 11 is 0. The SMILES string of the molecule is CC1CNCC(N(C)CC2CCOCC2)C1. The van der Waals surface area contributed by atoms with Gasteiger partial charge in [-0.3, -0.25) is 0 Å². The van der Waals surface area contributed by atoms with Crippen molar-refractivity contribution in [2.75, 3.05) is 39.9 Å². The molecule has 2 saturated heterocycles. The maximum absolute atomic E-state index is 5.41. The van der Waals surface area contributed by atoms with E-state index in [-0.39, 0.29) is 0 Å². The molecule has 0 radical (unpaired) electrons. The van der Waals surface area contributed by atoms with Crippen molar-refractivity contribution in [3.05, 3.63) is 0 Å². The van der Waals surface area contributed by atoms with Crippen LogP contribution in [0.2, 0.25) is 0 Å². The molecule has 2 fully saturated rings. The molecule has 0 aromatic carbocycles. The standard InChI is InChI=1S/C13H26N2O/c1-11-7-13(9-14-8-11)15(2)10-12-3-5-16-6-4-12/h11-14H,3-10H2,1-2H3. The fraction of sp³-hybridized carbons (Fsp3) is 1.00. The van der Waals surface area contributed by atoms with E-state index in [9.17, 15) is 0 Å². The van der Waals surface area contributed by atoms with Crippen LogP contribution in [0.5, 0.6) is 0 Å². The number of hydrogen-bond donors (Lipinski definition) is 1. The summed E-state index contributed by atoms with van der Waals surface area (Å²) in [5.74, 6) is 1.69. The molecule has 2 aliphatic heterocycles. The first-order valence-electron chi connectivity index (χ1n) is 6.74. The highest BCUT2D eigenvalue weighted by Gasteiger charge is 2.24. The van der Waals surface area contributed by atoms with E-state index in [1.54, 1.807) is 0 Å². The molecule has 2 unspecified atom stereocenters. The predicted molar refractivity (Wildman–Crippen MR) is 66.6 cm³/mol. The fourth-order valence-corrected chi connectivity index (χ4v) is 2.95. The molecule has 2 heterocycles. The zero-order valence-electron chi connectivity index (χ0n) is 10.7. The van der Waals surface area contributed by atoms with Crippen LogP contribution in [-0.2, 0) is 4.74 Å². The summed E-state index contributed by atoms with van der Waals surface area (Å²) in [6.45, 7) is 7.91. The van der Waals surface area contributed by atoms with Gasteiger partial charge in [0, 0.05) is 32.3 Å². The maximum atomic E-state index is 5.41. The van der Waals surface area contributed by atoms with Crippen molar-refractivity contribution in [3.8, 4) is 0 Å². The Hall–Kier alpha value is -0.120. The van der Waals surface area contributed by atoms with E-state index >= 15 is 0 Å². The van der Waals surface area contributed by atoms with Crippen molar-refractivity contribution in [1.82, 2.24) is 10.2 Å². The molecule has 2 rings (SSSR count). The van der Waals surface area contributed by atoms with Gasteiger partial charge >= 0.3 is 0 Å².